The number of methoxy groups -OCH3 is 1. The molecule has 0 spiro atoms. The van der Waals surface area contributed by atoms with Gasteiger partial charge in [0, 0.05) is 13.2 Å². The zero-order chi connectivity index (χ0) is 14.6. The Hall–Kier alpha value is -1.07. The summed E-state index contributed by atoms with van der Waals surface area (Å²) in [4.78, 5) is 0. The average Bonchev–Trinajstić information content (AvgIpc) is 3.06. The Morgan fingerprint density at radius 3 is 2.90 bits per heavy atom. The average molecular weight is 281 g/mol. The Kier molecular flexibility index (Phi) is 5.05. The van der Waals surface area contributed by atoms with Gasteiger partial charge in [-0.15, -0.1) is 0 Å². The minimum absolute atomic E-state index is 0.113. The van der Waals surface area contributed by atoms with E-state index < -0.39 is 0 Å². The van der Waals surface area contributed by atoms with Crippen molar-refractivity contribution in [3.05, 3.63) is 11.9 Å². The van der Waals surface area contributed by atoms with Gasteiger partial charge in [-0.2, -0.15) is 5.10 Å². The number of aryl methyl sites for hydroxylation is 1. The summed E-state index contributed by atoms with van der Waals surface area (Å²) in [5, 5.41) is 8.07. The van der Waals surface area contributed by atoms with Crippen LogP contribution in [0.4, 0.5) is 0 Å². The second-order valence-corrected chi connectivity index (χ2v) is 5.57. The van der Waals surface area contributed by atoms with Gasteiger partial charge in [0.15, 0.2) is 5.75 Å². The molecule has 2 atom stereocenters. The SMILES string of the molecule is CCCNC(c1c(OC)cnn1CC)C1(C)CCCO1. The van der Waals surface area contributed by atoms with Crippen molar-refractivity contribution in [3.8, 4) is 5.75 Å². The molecule has 1 fully saturated rings. The Bertz CT molecular complexity index is 403. The second-order valence-electron chi connectivity index (χ2n) is 5.57. The molecule has 0 aromatic carbocycles. The van der Waals surface area contributed by atoms with Crippen LogP contribution in [0.2, 0.25) is 0 Å². The highest BCUT2D eigenvalue weighted by Gasteiger charge is 2.42. The summed E-state index contributed by atoms with van der Waals surface area (Å²) in [7, 11) is 1.70. The lowest BCUT2D eigenvalue weighted by Crippen LogP contribution is -2.43. The number of ether oxygens (including phenoxy) is 2. The molecule has 1 aliphatic rings. The first kappa shape index (κ1) is 15.3. The molecular weight excluding hydrogens is 254 g/mol. The highest BCUT2D eigenvalue weighted by molar-refractivity contribution is 5.31. The lowest BCUT2D eigenvalue weighted by Gasteiger charge is -2.34. The molecule has 1 aromatic heterocycles. The molecule has 0 aliphatic carbocycles. The summed E-state index contributed by atoms with van der Waals surface area (Å²) in [5.74, 6) is 0.845. The first-order valence-electron chi connectivity index (χ1n) is 7.63. The molecule has 114 valence electrons. The first-order chi connectivity index (χ1) is 9.66. The monoisotopic (exact) mass is 281 g/mol. The highest BCUT2D eigenvalue weighted by Crippen LogP contribution is 2.40. The normalized spacial score (nSPS) is 24.0. The van der Waals surface area contributed by atoms with Crippen molar-refractivity contribution in [3.63, 3.8) is 0 Å². The van der Waals surface area contributed by atoms with Gasteiger partial charge in [-0.3, -0.25) is 4.68 Å². The van der Waals surface area contributed by atoms with E-state index in [4.69, 9.17) is 9.47 Å². The molecule has 1 saturated heterocycles. The van der Waals surface area contributed by atoms with Crippen LogP contribution in [0.25, 0.3) is 0 Å². The molecule has 2 heterocycles. The van der Waals surface area contributed by atoms with Crippen LogP contribution in [0, 0.1) is 0 Å². The number of aromatic nitrogens is 2. The molecule has 2 unspecified atom stereocenters. The maximum atomic E-state index is 6.06. The molecule has 0 amide bonds. The predicted octanol–water partition coefficient (Wildman–Crippen LogP) is 2.52. The minimum atomic E-state index is -0.185. The van der Waals surface area contributed by atoms with E-state index in [1.807, 2.05) is 4.68 Å². The smallest absolute Gasteiger partial charge is 0.161 e. The summed E-state index contributed by atoms with van der Waals surface area (Å²) in [6, 6.07) is 0.113. The van der Waals surface area contributed by atoms with Crippen LogP contribution in [-0.2, 0) is 11.3 Å². The third-order valence-electron chi connectivity index (χ3n) is 4.10. The zero-order valence-corrected chi connectivity index (χ0v) is 13.1. The summed E-state index contributed by atoms with van der Waals surface area (Å²) in [6.45, 7) is 9.10. The van der Waals surface area contributed by atoms with E-state index >= 15 is 0 Å². The lowest BCUT2D eigenvalue weighted by atomic mass is 9.90. The van der Waals surface area contributed by atoms with Gasteiger partial charge < -0.3 is 14.8 Å². The van der Waals surface area contributed by atoms with Gasteiger partial charge in [0.05, 0.1) is 24.9 Å². The van der Waals surface area contributed by atoms with Crippen LogP contribution in [0.3, 0.4) is 0 Å². The quantitative estimate of drug-likeness (QED) is 0.834. The third kappa shape index (κ3) is 2.83. The van der Waals surface area contributed by atoms with E-state index in [-0.39, 0.29) is 11.6 Å². The zero-order valence-electron chi connectivity index (χ0n) is 13.1. The highest BCUT2D eigenvalue weighted by atomic mass is 16.5. The molecule has 0 radical (unpaired) electrons. The molecule has 20 heavy (non-hydrogen) atoms. The third-order valence-corrected chi connectivity index (χ3v) is 4.10. The number of nitrogens with one attached hydrogen (secondary N) is 1. The van der Waals surface area contributed by atoms with E-state index in [0.717, 1.165) is 50.4 Å². The molecule has 0 saturated carbocycles. The van der Waals surface area contributed by atoms with E-state index in [9.17, 15) is 0 Å². The molecule has 1 aliphatic heterocycles. The summed E-state index contributed by atoms with van der Waals surface area (Å²) in [6.07, 6.45) is 5.07. The van der Waals surface area contributed by atoms with Crippen LogP contribution in [0.1, 0.15) is 51.8 Å². The number of hydrogen-bond donors (Lipinski definition) is 1. The Balaban J connectivity index is 2.37. The fourth-order valence-electron chi connectivity index (χ4n) is 3.00. The summed E-state index contributed by atoms with van der Waals surface area (Å²) >= 11 is 0. The van der Waals surface area contributed by atoms with E-state index in [0.29, 0.717) is 0 Å². The predicted molar refractivity (Wildman–Crippen MR) is 79.1 cm³/mol. The van der Waals surface area contributed by atoms with Crippen molar-refractivity contribution >= 4 is 0 Å². The van der Waals surface area contributed by atoms with Crippen LogP contribution >= 0.6 is 0 Å². The van der Waals surface area contributed by atoms with Crippen molar-refractivity contribution in [2.75, 3.05) is 20.3 Å². The standard InChI is InChI=1S/C15H27N3O2/c1-5-9-16-14(15(3)8-7-10-20-15)13-12(19-4)11-17-18(13)6-2/h11,14,16H,5-10H2,1-4H3. The van der Waals surface area contributed by atoms with Crippen molar-refractivity contribution in [2.45, 2.75) is 58.2 Å². The van der Waals surface area contributed by atoms with Crippen molar-refractivity contribution in [2.24, 2.45) is 0 Å². The van der Waals surface area contributed by atoms with Gasteiger partial charge in [-0.25, -0.2) is 0 Å². The summed E-state index contributed by atoms with van der Waals surface area (Å²) < 4.78 is 13.6. The Morgan fingerprint density at radius 2 is 2.35 bits per heavy atom. The first-order valence-corrected chi connectivity index (χ1v) is 7.63. The van der Waals surface area contributed by atoms with E-state index in [1.165, 1.54) is 0 Å². The number of rotatable bonds is 7. The van der Waals surface area contributed by atoms with Gasteiger partial charge in [-0.1, -0.05) is 6.92 Å². The van der Waals surface area contributed by atoms with Gasteiger partial charge >= 0.3 is 0 Å². The van der Waals surface area contributed by atoms with E-state index in [2.05, 4.69) is 31.2 Å². The Labute approximate surface area is 121 Å². The summed E-state index contributed by atoms with van der Waals surface area (Å²) in [5.41, 5.74) is 0.919. The van der Waals surface area contributed by atoms with E-state index in [1.54, 1.807) is 13.3 Å². The van der Waals surface area contributed by atoms with Gasteiger partial charge in [0.25, 0.3) is 0 Å². The van der Waals surface area contributed by atoms with Crippen LogP contribution in [-0.4, -0.2) is 35.6 Å². The molecule has 1 aromatic rings. The van der Waals surface area contributed by atoms with Gasteiger partial charge in [-0.05, 0) is 39.7 Å². The van der Waals surface area contributed by atoms with Gasteiger partial charge in [0.1, 0.15) is 5.69 Å². The minimum Gasteiger partial charge on any atom is -0.493 e. The maximum Gasteiger partial charge on any atom is 0.161 e. The van der Waals surface area contributed by atoms with Gasteiger partial charge in [0.2, 0.25) is 0 Å². The fraction of sp³-hybridized carbons (Fsp3) is 0.800. The molecule has 5 nitrogen and oxygen atoms in total. The number of nitrogens with zero attached hydrogens (tertiary/aromatic N) is 2. The molecule has 0 bridgehead atoms. The molecule has 1 N–H and O–H groups in total. The topological polar surface area (TPSA) is 48.3 Å². The lowest BCUT2D eigenvalue weighted by molar-refractivity contribution is -0.0153. The largest absolute Gasteiger partial charge is 0.493 e. The van der Waals surface area contributed by atoms with Crippen molar-refractivity contribution < 1.29 is 9.47 Å². The second kappa shape index (κ2) is 6.59. The fourth-order valence-corrected chi connectivity index (χ4v) is 3.00. The van der Waals surface area contributed by atoms with Crippen LogP contribution < -0.4 is 10.1 Å². The Morgan fingerprint density at radius 1 is 1.55 bits per heavy atom. The molecule has 5 heteroatoms. The van der Waals surface area contributed by atoms with Crippen molar-refractivity contribution in [1.82, 2.24) is 15.1 Å². The molecular formula is C15H27N3O2. The number of hydrogen-bond acceptors (Lipinski definition) is 4. The molecule has 2 rings (SSSR count). The van der Waals surface area contributed by atoms with Crippen molar-refractivity contribution in [1.29, 1.82) is 0 Å². The maximum absolute atomic E-state index is 6.06. The van der Waals surface area contributed by atoms with Crippen LogP contribution in [0.5, 0.6) is 5.75 Å². The van der Waals surface area contributed by atoms with Crippen LogP contribution in [0.15, 0.2) is 6.20 Å².